The fourth-order valence-corrected chi connectivity index (χ4v) is 3.26. The van der Waals surface area contributed by atoms with E-state index in [0.717, 1.165) is 13.0 Å². The summed E-state index contributed by atoms with van der Waals surface area (Å²) in [5.74, 6) is -0.825. The molecule has 0 aliphatic carbocycles. The molecule has 0 aromatic carbocycles. The zero-order valence-electron chi connectivity index (χ0n) is 11.0. The van der Waals surface area contributed by atoms with Gasteiger partial charge in [-0.25, -0.2) is 12.7 Å². The molecule has 7 heteroatoms. The fourth-order valence-electron chi connectivity index (χ4n) is 2.39. The Balaban J connectivity index is 2.56. The van der Waals surface area contributed by atoms with Gasteiger partial charge in [0.2, 0.25) is 10.0 Å². The fraction of sp³-hybridized carbons (Fsp3) is 0.909. The van der Waals surface area contributed by atoms with E-state index in [9.17, 15) is 13.2 Å². The second kappa shape index (κ2) is 6.49. The summed E-state index contributed by atoms with van der Waals surface area (Å²) < 4.78 is 24.2. The minimum atomic E-state index is -3.11. The van der Waals surface area contributed by atoms with Gasteiger partial charge in [0.25, 0.3) is 0 Å². The highest BCUT2D eigenvalue weighted by Gasteiger charge is 2.28. The quantitative estimate of drug-likeness (QED) is 0.751. The molecule has 0 aromatic heterocycles. The maximum Gasteiger partial charge on any atom is 0.317 e. The van der Waals surface area contributed by atoms with E-state index in [1.54, 1.807) is 0 Å². The van der Waals surface area contributed by atoms with Gasteiger partial charge in [0.05, 0.1) is 12.8 Å². The molecule has 0 aromatic rings. The Morgan fingerprint density at radius 2 is 1.94 bits per heavy atom. The summed E-state index contributed by atoms with van der Waals surface area (Å²) in [6.07, 6.45) is 3.54. The van der Waals surface area contributed by atoms with Crippen molar-refractivity contribution in [3.63, 3.8) is 0 Å². The Morgan fingerprint density at radius 1 is 1.39 bits per heavy atom. The van der Waals surface area contributed by atoms with Gasteiger partial charge in [-0.3, -0.25) is 9.69 Å². The molecule has 1 rings (SSSR count). The molecule has 0 amide bonds. The summed E-state index contributed by atoms with van der Waals surface area (Å²) in [5.41, 5.74) is 0. The molecule has 1 fully saturated rings. The lowest BCUT2D eigenvalue weighted by molar-refractivity contribution is -0.139. The number of hydrogen-bond donors (Lipinski definition) is 1. The number of carboxylic acid groups (broad SMARTS) is 1. The number of rotatable bonds is 6. The van der Waals surface area contributed by atoms with Gasteiger partial charge in [0.15, 0.2) is 0 Å². The van der Waals surface area contributed by atoms with Crippen LogP contribution in [0.3, 0.4) is 0 Å². The molecule has 0 saturated carbocycles. The van der Waals surface area contributed by atoms with E-state index in [-0.39, 0.29) is 12.6 Å². The number of aliphatic carboxylic acids is 1. The van der Waals surface area contributed by atoms with Crippen LogP contribution in [0.2, 0.25) is 0 Å². The number of piperidine rings is 1. The summed E-state index contributed by atoms with van der Waals surface area (Å²) >= 11 is 0. The second-order valence-corrected chi connectivity index (χ2v) is 6.74. The maximum absolute atomic E-state index is 11.4. The zero-order chi connectivity index (χ0) is 13.8. The first-order valence-electron chi connectivity index (χ1n) is 6.25. The molecule has 18 heavy (non-hydrogen) atoms. The van der Waals surface area contributed by atoms with Crippen molar-refractivity contribution in [1.82, 2.24) is 9.21 Å². The topological polar surface area (TPSA) is 77.9 Å². The average Bonchev–Trinajstić information content (AvgIpc) is 2.27. The minimum Gasteiger partial charge on any atom is -0.480 e. The van der Waals surface area contributed by atoms with Crippen LogP contribution in [-0.2, 0) is 14.8 Å². The number of carboxylic acids is 1. The van der Waals surface area contributed by atoms with Crippen molar-refractivity contribution in [3.8, 4) is 0 Å². The molecule has 0 atom stereocenters. The van der Waals surface area contributed by atoms with Gasteiger partial charge >= 0.3 is 5.97 Å². The average molecular weight is 278 g/mol. The van der Waals surface area contributed by atoms with E-state index in [4.69, 9.17) is 5.11 Å². The molecule has 106 valence electrons. The van der Waals surface area contributed by atoms with Crippen molar-refractivity contribution in [1.29, 1.82) is 0 Å². The molecule has 1 aliphatic heterocycles. The Kier molecular flexibility index (Phi) is 5.55. The van der Waals surface area contributed by atoms with Crippen molar-refractivity contribution < 1.29 is 18.3 Å². The summed E-state index contributed by atoms with van der Waals surface area (Å²) in [5, 5.41) is 8.87. The van der Waals surface area contributed by atoms with Crippen molar-refractivity contribution in [2.75, 3.05) is 32.4 Å². The lowest BCUT2D eigenvalue weighted by atomic mass is 10.0. The first kappa shape index (κ1) is 15.4. The SMILES string of the molecule is CCCN(CC(=O)O)C1CCN(S(C)(=O)=O)CC1. The van der Waals surface area contributed by atoms with Gasteiger partial charge in [-0.05, 0) is 25.8 Å². The zero-order valence-corrected chi connectivity index (χ0v) is 11.8. The number of sulfonamides is 1. The monoisotopic (exact) mass is 278 g/mol. The maximum atomic E-state index is 11.4. The van der Waals surface area contributed by atoms with E-state index >= 15 is 0 Å². The minimum absolute atomic E-state index is 0.0391. The molecule has 6 nitrogen and oxygen atoms in total. The van der Waals surface area contributed by atoms with Crippen LogP contribution in [0.5, 0.6) is 0 Å². The van der Waals surface area contributed by atoms with Gasteiger partial charge in [-0.15, -0.1) is 0 Å². The lowest BCUT2D eigenvalue weighted by Crippen LogP contribution is -2.48. The third-order valence-corrected chi connectivity index (χ3v) is 4.56. The Bertz CT molecular complexity index is 375. The summed E-state index contributed by atoms with van der Waals surface area (Å²) in [6.45, 7) is 3.78. The van der Waals surface area contributed by atoms with Crippen LogP contribution in [0.1, 0.15) is 26.2 Å². The van der Waals surface area contributed by atoms with E-state index < -0.39 is 16.0 Å². The predicted octanol–water partition coefficient (Wildman–Crippen LogP) is 0.207. The number of hydrogen-bond acceptors (Lipinski definition) is 4. The first-order chi connectivity index (χ1) is 8.34. The van der Waals surface area contributed by atoms with Crippen LogP contribution in [0, 0.1) is 0 Å². The van der Waals surface area contributed by atoms with E-state index in [1.807, 2.05) is 11.8 Å². The normalized spacial score (nSPS) is 19.3. The van der Waals surface area contributed by atoms with Crippen LogP contribution in [0.4, 0.5) is 0 Å². The highest BCUT2D eigenvalue weighted by molar-refractivity contribution is 7.88. The molecule has 1 heterocycles. The highest BCUT2D eigenvalue weighted by atomic mass is 32.2. The van der Waals surface area contributed by atoms with Gasteiger partial charge in [0, 0.05) is 19.1 Å². The highest BCUT2D eigenvalue weighted by Crippen LogP contribution is 2.18. The third-order valence-electron chi connectivity index (χ3n) is 3.26. The predicted molar refractivity (Wildman–Crippen MR) is 68.9 cm³/mol. The van der Waals surface area contributed by atoms with E-state index in [1.165, 1.54) is 10.6 Å². The molecule has 0 radical (unpaired) electrons. The van der Waals surface area contributed by atoms with Crippen LogP contribution in [0.25, 0.3) is 0 Å². The van der Waals surface area contributed by atoms with Crippen molar-refractivity contribution in [2.45, 2.75) is 32.2 Å². The molecular weight excluding hydrogens is 256 g/mol. The summed E-state index contributed by atoms with van der Waals surface area (Å²) in [7, 11) is -3.11. The summed E-state index contributed by atoms with van der Waals surface area (Å²) in [6, 6.07) is 0.180. The molecule has 1 N–H and O–H groups in total. The van der Waals surface area contributed by atoms with Gasteiger partial charge in [0.1, 0.15) is 0 Å². The van der Waals surface area contributed by atoms with Crippen LogP contribution in [0.15, 0.2) is 0 Å². The van der Waals surface area contributed by atoms with Gasteiger partial charge < -0.3 is 5.11 Å². The van der Waals surface area contributed by atoms with Crippen LogP contribution >= 0.6 is 0 Å². The standard InChI is InChI=1S/C11H22N2O4S/c1-3-6-12(9-11(14)15)10-4-7-13(8-5-10)18(2,16)17/h10H,3-9H2,1-2H3,(H,14,15). The Morgan fingerprint density at radius 3 is 2.33 bits per heavy atom. The van der Waals surface area contributed by atoms with Crippen molar-refractivity contribution >= 4 is 16.0 Å². The van der Waals surface area contributed by atoms with Crippen LogP contribution in [-0.4, -0.2) is 67.2 Å². The Labute approximate surface area is 109 Å². The molecule has 0 unspecified atom stereocenters. The largest absolute Gasteiger partial charge is 0.480 e. The smallest absolute Gasteiger partial charge is 0.317 e. The Hall–Kier alpha value is -0.660. The molecule has 1 aliphatic rings. The lowest BCUT2D eigenvalue weighted by Gasteiger charge is -2.36. The summed E-state index contributed by atoms with van der Waals surface area (Å²) in [4.78, 5) is 12.7. The van der Waals surface area contributed by atoms with Gasteiger partial charge in [-0.2, -0.15) is 0 Å². The van der Waals surface area contributed by atoms with E-state index in [2.05, 4.69) is 0 Å². The van der Waals surface area contributed by atoms with Gasteiger partial charge in [-0.1, -0.05) is 6.92 Å². The van der Waals surface area contributed by atoms with E-state index in [0.29, 0.717) is 25.9 Å². The number of carbonyl (C=O) groups is 1. The first-order valence-corrected chi connectivity index (χ1v) is 8.10. The molecule has 0 bridgehead atoms. The molecule has 1 saturated heterocycles. The van der Waals surface area contributed by atoms with Crippen molar-refractivity contribution in [2.24, 2.45) is 0 Å². The van der Waals surface area contributed by atoms with Crippen LogP contribution < -0.4 is 0 Å². The van der Waals surface area contributed by atoms with Crippen molar-refractivity contribution in [3.05, 3.63) is 0 Å². The molecular formula is C11H22N2O4S. The second-order valence-electron chi connectivity index (χ2n) is 4.76. The number of nitrogens with zero attached hydrogens (tertiary/aromatic N) is 2. The third kappa shape index (κ3) is 4.55. The molecule has 0 spiro atoms.